The number of hydrogen-bond donors (Lipinski definition) is 1. The first-order valence-corrected chi connectivity index (χ1v) is 7.78. The zero-order valence-corrected chi connectivity index (χ0v) is 12.4. The molecule has 0 spiro atoms. The highest BCUT2D eigenvalue weighted by atomic mass is 32.2. The van der Waals surface area contributed by atoms with Gasteiger partial charge in [0, 0.05) is 49.4 Å². The summed E-state index contributed by atoms with van der Waals surface area (Å²) in [5.41, 5.74) is 8.54. The number of nitrogens with zero attached hydrogens (tertiary/aromatic N) is 3. The van der Waals surface area contributed by atoms with E-state index in [1.165, 1.54) is 17.0 Å². The molecular weight excluding hydrogens is 244 g/mol. The monoisotopic (exact) mass is 268 g/mol. The van der Waals surface area contributed by atoms with Crippen LogP contribution in [0, 0.1) is 0 Å². The third kappa shape index (κ3) is 2.90. The second-order valence-electron chi connectivity index (χ2n) is 4.99. The van der Waals surface area contributed by atoms with Gasteiger partial charge in [-0.2, -0.15) is 16.9 Å². The van der Waals surface area contributed by atoms with Gasteiger partial charge in [0.25, 0.3) is 0 Å². The Morgan fingerprint density at radius 3 is 3.00 bits per heavy atom. The molecule has 4 nitrogen and oxygen atoms in total. The molecule has 2 rings (SSSR count). The molecular formula is C13H24N4S. The molecule has 1 fully saturated rings. The standard InChI is InChI=1S/C13H24N4S/c1-4-12-11(9-16(3)15-12)13(7-14)17-5-6-18-10(2)8-17/h9-10,13H,4-8,14H2,1-3H3. The van der Waals surface area contributed by atoms with Gasteiger partial charge in [0.2, 0.25) is 0 Å². The molecule has 1 aliphatic heterocycles. The Bertz CT molecular complexity index is 390. The molecule has 0 bridgehead atoms. The topological polar surface area (TPSA) is 47.1 Å². The van der Waals surface area contributed by atoms with Crippen LogP contribution < -0.4 is 5.73 Å². The second kappa shape index (κ2) is 6.08. The van der Waals surface area contributed by atoms with Crippen molar-refractivity contribution >= 4 is 11.8 Å². The number of hydrogen-bond acceptors (Lipinski definition) is 4. The summed E-state index contributed by atoms with van der Waals surface area (Å²) in [6.07, 6.45) is 3.12. The fourth-order valence-electron chi connectivity index (χ4n) is 2.71. The largest absolute Gasteiger partial charge is 0.329 e. The van der Waals surface area contributed by atoms with Crippen LogP contribution in [-0.2, 0) is 13.5 Å². The molecule has 18 heavy (non-hydrogen) atoms. The summed E-state index contributed by atoms with van der Waals surface area (Å²) in [5.74, 6) is 1.21. The van der Waals surface area contributed by atoms with Crippen LogP contribution in [0.4, 0.5) is 0 Å². The highest BCUT2D eigenvalue weighted by Crippen LogP contribution is 2.28. The van der Waals surface area contributed by atoms with Crippen LogP contribution in [0.5, 0.6) is 0 Å². The summed E-state index contributed by atoms with van der Waals surface area (Å²) < 4.78 is 1.92. The molecule has 102 valence electrons. The van der Waals surface area contributed by atoms with E-state index in [2.05, 4.69) is 41.8 Å². The van der Waals surface area contributed by atoms with Crippen LogP contribution in [0.25, 0.3) is 0 Å². The SMILES string of the molecule is CCc1nn(C)cc1C(CN)N1CCSC(C)C1. The maximum atomic E-state index is 6.03. The van der Waals surface area contributed by atoms with E-state index in [1.807, 2.05) is 11.7 Å². The van der Waals surface area contributed by atoms with Crippen molar-refractivity contribution in [1.82, 2.24) is 14.7 Å². The minimum absolute atomic E-state index is 0.331. The van der Waals surface area contributed by atoms with E-state index in [0.29, 0.717) is 17.8 Å². The lowest BCUT2D eigenvalue weighted by molar-refractivity contribution is 0.210. The molecule has 0 radical (unpaired) electrons. The molecule has 1 saturated heterocycles. The van der Waals surface area contributed by atoms with Crippen LogP contribution in [0.15, 0.2) is 6.20 Å². The molecule has 0 amide bonds. The Hall–Kier alpha value is -0.520. The normalized spacial score (nSPS) is 23.2. The average Bonchev–Trinajstić information content (AvgIpc) is 2.71. The molecule has 0 aromatic carbocycles. The fourth-order valence-corrected chi connectivity index (χ4v) is 3.75. The maximum Gasteiger partial charge on any atom is 0.0670 e. The van der Waals surface area contributed by atoms with Gasteiger partial charge in [0.05, 0.1) is 11.7 Å². The van der Waals surface area contributed by atoms with Crippen molar-refractivity contribution in [1.29, 1.82) is 0 Å². The van der Waals surface area contributed by atoms with E-state index in [4.69, 9.17) is 5.73 Å². The van der Waals surface area contributed by atoms with Crippen LogP contribution in [0.3, 0.4) is 0 Å². The number of nitrogens with two attached hydrogens (primary N) is 1. The second-order valence-corrected chi connectivity index (χ2v) is 6.53. The molecule has 1 aromatic rings. The molecule has 2 N–H and O–H groups in total. The fraction of sp³-hybridized carbons (Fsp3) is 0.769. The molecule has 2 unspecified atom stereocenters. The predicted molar refractivity (Wildman–Crippen MR) is 77.9 cm³/mol. The van der Waals surface area contributed by atoms with E-state index in [9.17, 15) is 0 Å². The van der Waals surface area contributed by atoms with Crippen molar-refractivity contribution in [2.24, 2.45) is 12.8 Å². The highest BCUT2D eigenvalue weighted by molar-refractivity contribution is 7.99. The first-order chi connectivity index (χ1) is 8.65. The van der Waals surface area contributed by atoms with Gasteiger partial charge in [-0.15, -0.1) is 0 Å². The Labute approximate surface area is 114 Å². The number of thioether (sulfide) groups is 1. The van der Waals surface area contributed by atoms with Gasteiger partial charge >= 0.3 is 0 Å². The summed E-state index contributed by atoms with van der Waals surface area (Å²) in [4.78, 5) is 2.53. The van der Waals surface area contributed by atoms with E-state index < -0.39 is 0 Å². The summed E-state index contributed by atoms with van der Waals surface area (Å²) >= 11 is 2.06. The molecule has 1 aromatic heterocycles. The van der Waals surface area contributed by atoms with Gasteiger partial charge in [-0.05, 0) is 6.42 Å². The summed E-state index contributed by atoms with van der Waals surface area (Å²) in [5, 5.41) is 5.24. The first kappa shape index (κ1) is 13.9. The Kier molecular flexibility index (Phi) is 4.70. The van der Waals surface area contributed by atoms with E-state index in [-0.39, 0.29) is 0 Å². The van der Waals surface area contributed by atoms with Crippen molar-refractivity contribution in [3.63, 3.8) is 0 Å². The molecule has 2 heterocycles. The third-order valence-electron chi connectivity index (χ3n) is 3.57. The Morgan fingerprint density at radius 2 is 2.39 bits per heavy atom. The molecule has 2 atom stereocenters. The van der Waals surface area contributed by atoms with Gasteiger partial charge in [-0.25, -0.2) is 0 Å². The Morgan fingerprint density at radius 1 is 1.61 bits per heavy atom. The first-order valence-electron chi connectivity index (χ1n) is 6.73. The van der Waals surface area contributed by atoms with Crippen LogP contribution in [0.1, 0.15) is 31.1 Å². The van der Waals surface area contributed by atoms with E-state index in [1.54, 1.807) is 0 Å². The van der Waals surface area contributed by atoms with Crippen LogP contribution >= 0.6 is 11.8 Å². The lowest BCUT2D eigenvalue weighted by Gasteiger charge is -2.36. The summed E-state index contributed by atoms with van der Waals surface area (Å²) in [7, 11) is 1.99. The minimum Gasteiger partial charge on any atom is -0.329 e. The third-order valence-corrected chi connectivity index (χ3v) is 4.70. The van der Waals surface area contributed by atoms with Gasteiger partial charge in [0.15, 0.2) is 0 Å². The zero-order valence-electron chi connectivity index (χ0n) is 11.6. The maximum absolute atomic E-state index is 6.03. The lowest BCUT2D eigenvalue weighted by Crippen LogP contribution is -2.42. The van der Waals surface area contributed by atoms with Crippen LogP contribution in [-0.4, -0.2) is 45.3 Å². The zero-order chi connectivity index (χ0) is 13.1. The number of rotatable bonds is 4. The number of aryl methyl sites for hydroxylation is 2. The molecule has 0 saturated carbocycles. The molecule has 1 aliphatic rings. The van der Waals surface area contributed by atoms with Crippen molar-refractivity contribution in [3.8, 4) is 0 Å². The minimum atomic E-state index is 0.331. The van der Waals surface area contributed by atoms with Gasteiger partial charge < -0.3 is 5.73 Å². The lowest BCUT2D eigenvalue weighted by atomic mass is 10.0. The molecule has 0 aliphatic carbocycles. The summed E-state index contributed by atoms with van der Waals surface area (Å²) in [6, 6.07) is 0.331. The van der Waals surface area contributed by atoms with E-state index in [0.717, 1.165) is 19.5 Å². The van der Waals surface area contributed by atoms with Gasteiger partial charge in [-0.3, -0.25) is 9.58 Å². The van der Waals surface area contributed by atoms with Crippen molar-refractivity contribution in [2.45, 2.75) is 31.6 Å². The van der Waals surface area contributed by atoms with Gasteiger partial charge in [-0.1, -0.05) is 13.8 Å². The van der Waals surface area contributed by atoms with E-state index >= 15 is 0 Å². The quantitative estimate of drug-likeness (QED) is 0.897. The van der Waals surface area contributed by atoms with Crippen LogP contribution in [0.2, 0.25) is 0 Å². The summed E-state index contributed by atoms with van der Waals surface area (Å²) in [6.45, 7) is 7.40. The smallest absolute Gasteiger partial charge is 0.0670 e. The van der Waals surface area contributed by atoms with Crippen molar-refractivity contribution in [2.75, 3.05) is 25.4 Å². The number of aromatic nitrogens is 2. The molecule has 5 heteroatoms. The predicted octanol–water partition coefficient (Wildman–Crippen LogP) is 1.42. The van der Waals surface area contributed by atoms with Crippen molar-refractivity contribution < 1.29 is 0 Å². The highest BCUT2D eigenvalue weighted by Gasteiger charge is 2.27. The van der Waals surface area contributed by atoms with Crippen molar-refractivity contribution in [3.05, 3.63) is 17.5 Å². The Balaban J connectivity index is 2.21. The average molecular weight is 268 g/mol. The van der Waals surface area contributed by atoms with Gasteiger partial charge in [0.1, 0.15) is 0 Å².